The standard InChI is InChI=1S/C13H26/c1-5-6-12-7-8-13(10(2)3)9-11(12)4/h10-13H,5-9H2,1-4H3. The molecule has 1 rings (SSSR count). The highest BCUT2D eigenvalue weighted by Gasteiger charge is 2.27. The SMILES string of the molecule is CCCC1CCC(C(C)C)CC1C. The van der Waals surface area contributed by atoms with E-state index in [4.69, 9.17) is 0 Å². The highest BCUT2D eigenvalue weighted by Crippen LogP contribution is 2.39. The number of rotatable bonds is 3. The molecule has 0 aromatic heterocycles. The molecule has 0 aliphatic heterocycles. The minimum atomic E-state index is 0.907. The van der Waals surface area contributed by atoms with E-state index in [2.05, 4.69) is 27.7 Å². The molecule has 0 spiro atoms. The molecule has 0 heterocycles. The fourth-order valence-electron chi connectivity index (χ4n) is 2.91. The first-order chi connectivity index (χ1) is 6.15. The van der Waals surface area contributed by atoms with Crippen LogP contribution in [0.1, 0.15) is 59.8 Å². The normalized spacial score (nSPS) is 35.3. The molecule has 0 saturated heterocycles. The van der Waals surface area contributed by atoms with Gasteiger partial charge in [0.25, 0.3) is 0 Å². The molecule has 1 aliphatic rings. The Bertz CT molecular complexity index is 137. The summed E-state index contributed by atoms with van der Waals surface area (Å²) in [6, 6.07) is 0. The van der Waals surface area contributed by atoms with Crippen LogP contribution in [0, 0.1) is 23.7 Å². The van der Waals surface area contributed by atoms with Crippen molar-refractivity contribution in [2.75, 3.05) is 0 Å². The average Bonchev–Trinajstić information content (AvgIpc) is 2.08. The Hall–Kier alpha value is 0. The van der Waals surface area contributed by atoms with Gasteiger partial charge in [0.05, 0.1) is 0 Å². The van der Waals surface area contributed by atoms with Gasteiger partial charge in [-0.05, 0) is 42.9 Å². The van der Waals surface area contributed by atoms with Crippen molar-refractivity contribution in [1.29, 1.82) is 0 Å². The molecule has 1 aliphatic carbocycles. The predicted octanol–water partition coefficient (Wildman–Crippen LogP) is 4.49. The van der Waals surface area contributed by atoms with Crippen LogP contribution < -0.4 is 0 Å². The van der Waals surface area contributed by atoms with E-state index >= 15 is 0 Å². The predicted molar refractivity (Wildman–Crippen MR) is 59.7 cm³/mol. The Kier molecular flexibility index (Phi) is 4.28. The first kappa shape index (κ1) is 11.1. The molecule has 0 aromatic rings. The Morgan fingerprint density at radius 2 is 1.92 bits per heavy atom. The van der Waals surface area contributed by atoms with Gasteiger partial charge in [-0.15, -0.1) is 0 Å². The maximum atomic E-state index is 2.47. The molecule has 78 valence electrons. The second kappa shape index (κ2) is 5.02. The number of hydrogen-bond donors (Lipinski definition) is 0. The van der Waals surface area contributed by atoms with Gasteiger partial charge in [0, 0.05) is 0 Å². The lowest BCUT2D eigenvalue weighted by atomic mass is 9.70. The van der Waals surface area contributed by atoms with Crippen LogP contribution in [0.2, 0.25) is 0 Å². The summed E-state index contributed by atoms with van der Waals surface area (Å²) in [4.78, 5) is 0. The van der Waals surface area contributed by atoms with E-state index in [1.165, 1.54) is 32.1 Å². The van der Waals surface area contributed by atoms with Gasteiger partial charge in [-0.2, -0.15) is 0 Å². The molecular formula is C13H26. The van der Waals surface area contributed by atoms with Gasteiger partial charge in [0.2, 0.25) is 0 Å². The summed E-state index contributed by atoms with van der Waals surface area (Å²) >= 11 is 0. The van der Waals surface area contributed by atoms with Crippen molar-refractivity contribution in [3.63, 3.8) is 0 Å². The summed E-state index contributed by atoms with van der Waals surface area (Å²) in [6.07, 6.45) is 7.32. The minimum absolute atomic E-state index is 0.907. The van der Waals surface area contributed by atoms with E-state index in [1.54, 1.807) is 0 Å². The molecule has 3 unspecified atom stereocenters. The zero-order chi connectivity index (χ0) is 9.84. The Morgan fingerprint density at radius 3 is 2.38 bits per heavy atom. The lowest BCUT2D eigenvalue weighted by Gasteiger charge is -2.36. The molecule has 0 heteroatoms. The summed E-state index contributed by atoms with van der Waals surface area (Å²) in [5, 5.41) is 0. The van der Waals surface area contributed by atoms with Crippen LogP contribution in [-0.4, -0.2) is 0 Å². The van der Waals surface area contributed by atoms with Gasteiger partial charge >= 0.3 is 0 Å². The molecule has 0 nitrogen and oxygen atoms in total. The lowest BCUT2D eigenvalue weighted by Crippen LogP contribution is -2.25. The number of hydrogen-bond acceptors (Lipinski definition) is 0. The van der Waals surface area contributed by atoms with E-state index in [9.17, 15) is 0 Å². The van der Waals surface area contributed by atoms with Crippen molar-refractivity contribution < 1.29 is 0 Å². The van der Waals surface area contributed by atoms with E-state index in [-0.39, 0.29) is 0 Å². The van der Waals surface area contributed by atoms with Crippen LogP contribution in [-0.2, 0) is 0 Å². The maximum absolute atomic E-state index is 2.47. The van der Waals surface area contributed by atoms with Crippen LogP contribution in [0.25, 0.3) is 0 Å². The maximum Gasteiger partial charge on any atom is -0.0388 e. The summed E-state index contributed by atoms with van der Waals surface area (Å²) in [5.41, 5.74) is 0. The zero-order valence-corrected chi connectivity index (χ0v) is 9.84. The first-order valence-corrected chi connectivity index (χ1v) is 6.15. The summed E-state index contributed by atoms with van der Waals surface area (Å²) in [6.45, 7) is 9.56. The van der Waals surface area contributed by atoms with Gasteiger partial charge in [-0.25, -0.2) is 0 Å². The molecule has 1 saturated carbocycles. The quantitative estimate of drug-likeness (QED) is 0.603. The molecule has 0 bridgehead atoms. The third-order valence-electron chi connectivity index (χ3n) is 3.99. The lowest BCUT2D eigenvalue weighted by molar-refractivity contribution is 0.152. The topological polar surface area (TPSA) is 0 Å². The van der Waals surface area contributed by atoms with Crippen molar-refractivity contribution in [2.45, 2.75) is 59.8 Å². The Morgan fingerprint density at radius 1 is 1.23 bits per heavy atom. The van der Waals surface area contributed by atoms with Gasteiger partial charge in [-0.1, -0.05) is 40.5 Å². The molecule has 13 heavy (non-hydrogen) atoms. The third-order valence-corrected chi connectivity index (χ3v) is 3.99. The van der Waals surface area contributed by atoms with Gasteiger partial charge in [-0.3, -0.25) is 0 Å². The largest absolute Gasteiger partial charge is 0.0654 e. The van der Waals surface area contributed by atoms with E-state index in [1.807, 2.05) is 0 Å². The average molecular weight is 182 g/mol. The fraction of sp³-hybridized carbons (Fsp3) is 1.00. The van der Waals surface area contributed by atoms with Crippen LogP contribution in [0.15, 0.2) is 0 Å². The van der Waals surface area contributed by atoms with Crippen molar-refractivity contribution in [3.05, 3.63) is 0 Å². The molecule has 1 fully saturated rings. The van der Waals surface area contributed by atoms with E-state index in [0.717, 1.165) is 23.7 Å². The Labute approximate surface area is 84.1 Å². The van der Waals surface area contributed by atoms with Crippen LogP contribution in [0.5, 0.6) is 0 Å². The minimum Gasteiger partial charge on any atom is -0.0654 e. The smallest absolute Gasteiger partial charge is 0.0388 e. The monoisotopic (exact) mass is 182 g/mol. The van der Waals surface area contributed by atoms with Crippen molar-refractivity contribution in [2.24, 2.45) is 23.7 Å². The second-order valence-electron chi connectivity index (χ2n) is 5.34. The molecular weight excluding hydrogens is 156 g/mol. The van der Waals surface area contributed by atoms with E-state index < -0.39 is 0 Å². The summed E-state index contributed by atoms with van der Waals surface area (Å²) in [5.74, 6) is 3.95. The van der Waals surface area contributed by atoms with Crippen molar-refractivity contribution in [1.82, 2.24) is 0 Å². The molecule has 0 amide bonds. The van der Waals surface area contributed by atoms with Gasteiger partial charge in [0.1, 0.15) is 0 Å². The first-order valence-electron chi connectivity index (χ1n) is 6.15. The van der Waals surface area contributed by atoms with Crippen LogP contribution in [0.3, 0.4) is 0 Å². The van der Waals surface area contributed by atoms with Crippen LogP contribution >= 0.6 is 0 Å². The molecule has 0 radical (unpaired) electrons. The third kappa shape index (κ3) is 3.00. The zero-order valence-electron chi connectivity index (χ0n) is 9.84. The Balaban J connectivity index is 2.37. The highest BCUT2D eigenvalue weighted by atomic mass is 14.3. The van der Waals surface area contributed by atoms with E-state index in [0.29, 0.717) is 0 Å². The molecule has 0 N–H and O–H groups in total. The van der Waals surface area contributed by atoms with Crippen LogP contribution in [0.4, 0.5) is 0 Å². The highest BCUT2D eigenvalue weighted by molar-refractivity contribution is 4.78. The summed E-state index contributed by atoms with van der Waals surface area (Å²) < 4.78 is 0. The second-order valence-corrected chi connectivity index (χ2v) is 5.34. The summed E-state index contributed by atoms with van der Waals surface area (Å²) in [7, 11) is 0. The van der Waals surface area contributed by atoms with Crippen molar-refractivity contribution in [3.8, 4) is 0 Å². The molecule has 3 atom stereocenters. The van der Waals surface area contributed by atoms with Gasteiger partial charge < -0.3 is 0 Å². The fourth-order valence-corrected chi connectivity index (χ4v) is 2.91. The van der Waals surface area contributed by atoms with Gasteiger partial charge in [0.15, 0.2) is 0 Å². The van der Waals surface area contributed by atoms with Crippen molar-refractivity contribution >= 4 is 0 Å². The molecule has 0 aromatic carbocycles.